The largest absolute Gasteiger partial charge is 0.468 e. The molecule has 2 heterocycles. The average Bonchev–Trinajstić information content (AvgIpc) is 3.43. The van der Waals surface area contributed by atoms with Crippen LogP contribution in [-0.2, 0) is 29.1 Å². The van der Waals surface area contributed by atoms with Gasteiger partial charge in [0.15, 0.2) is 0 Å². The number of hydrazine groups is 1. The summed E-state index contributed by atoms with van der Waals surface area (Å²) in [6.07, 6.45) is 1.68. The molecule has 3 aromatic rings. The first-order valence-corrected chi connectivity index (χ1v) is 10.9. The first-order valence-electron chi connectivity index (χ1n) is 9.97. The summed E-state index contributed by atoms with van der Waals surface area (Å²) in [6.45, 7) is 2.76. The highest BCUT2D eigenvalue weighted by atomic mass is 32.1. The molecule has 0 radical (unpaired) electrons. The molecule has 0 bridgehead atoms. The molecule has 2 aromatic heterocycles. The smallest absolute Gasteiger partial charge is 0.252 e. The fourth-order valence-electron chi connectivity index (χ4n) is 3.00. The standard InChI is InChI=1S/C22H25N5O4S/c1-15-14-32-21(24-15)10-19(28)25-26-20(29)13-27(12-18-4-3-9-31-18)11-16-5-7-17(8-6-16)22(30)23-2/h3-9,14H,10-13H2,1-2H3,(H,23,30)(H,25,28)(H,26,29). The van der Waals surface area contributed by atoms with Crippen LogP contribution in [0.2, 0.25) is 0 Å². The fourth-order valence-corrected chi connectivity index (χ4v) is 3.77. The van der Waals surface area contributed by atoms with E-state index >= 15 is 0 Å². The van der Waals surface area contributed by atoms with Crippen molar-refractivity contribution in [3.8, 4) is 0 Å². The van der Waals surface area contributed by atoms with Gasteiger partial charge in [0.1, 0.15) is 10.8 Å². The molecule has 168 valence electrons. The first kappa shape index (κ1) is 23.2. The van der Waals surface area contributed by atoms with Crippen LogP contribution in [-0.4, -0.2) is 41.2 Å². The molecule has 1 aromatic carbocycles. The molecular formula is C22H25N5O4S. The Morgan fingerprint density at radius 2 is 1.81 bits per heavy atom. The Hall–Kier alpha value is -3.50. The zero-order valence-electron chi connectivity index (χ0n) is 17.9. The third kappa shape index (κ3) is 7.03. The SMILES string of the molecule is CNC(=O)c1ccc(CN(CC(=O)NNC(=O)Cc2nc(C)cs2)Cc2ccco2)cc1. The van der Waals surface area contributed by atoms with Crippen molar-refractivity contribution >= 4 is 29.1 Å². The van der Waals surface area contributed by atoms with Gasteiger partial charge in [0.2, 0.25) is 5.91 Å². The lowest BCUT2D eigenvalue weighted by Gasteiger charge is -2.21. The van der Waals surface area contributed by atoms with Crippen molar-refractivity contribution in [2.75, 3.05) is 13.6 Å². The third-order valence-corrected chi connectivity index (χ3v) is 5.46. The van der Waals surface area contributed by atoms with Crippen LogP contribution in [0.3, 0.4) is 0 Å². The molecule has 3 amide bonds. The predicted molar refractivity (Wildman–Crippen MR) is 119 cm³/mol. The van der Waals surface area contributed by atoms with Crippen molar-refractivity contribution in [1.82, 2.24) is 26.1 Å². The van der Waals surface area contributed by atoms with Gasteiger partial charge < -0.3 is 9.73 Å². The lowest BCUT2D eigenvalue weighted by atomic mass is 10.1. The van der Waals surface area contributed by atoms with Crippen LogP contribution in [0.15, 0.2) is 52.5 Å². The molecule has 0 atom stereocenters. The molecular weight excluding hydrogens is 430 g/mol. The molecule has 3 rings (SSSR count). The van der Waals surface area contributed by atoms with Crippen molar-refractivity contribution in [2.24, 2.45) is 0 Å². The van der Waals surface area contributed by atoms with Gasteiger partial charge >= 0.3 is 0 Å². The van der Waals surface area contributed by atoms with Crippen LogP contribution < -0.4 is 16.2 Å². The zero-order chi connectivity index (χ0) is 22.9. The van der Waals surface area contributed by atoms with E-state index in [1.54, 1.807) is 31.5 Å². The van der Waals surface area contributed by atoms with Crippen molar-refractivity contribution in [3.05, 3.63) is 75.6 Å². The second-order valence-electron chi connectivity index (χ2n) is 7.16. The second-order valence-corrected chi connectivity index (χ2v) is 8.10. The highest BCUT2D eigenvalue weighted by Crippen LogP contribution is 2.12. The maximum atomic E-state index is 12.5. The monoisotopic (exact) mass is 455 g/mol. The summed E-state index contributed by atoms with van der Waals surface area (Å²) in [7, 11) is 1.58. The van der Waals surface area contributed by atoms with E-state index in [4.69, 9.17) is 4.42 Å². The lowest BCUT2D eigenvalue weighted by molar-refractivity contribution is -0.129. The highest BCUT2D eigenvalue weighted by molar-refractivity contribution is 7.09. The van der Waals surface area contributed by atoms with Crippen molar-refractivity contribution < 1.29 is 18.8 Å². The van der Waals surface area contributed by atoms with E-state index in [9.17, 15) is 14.4 Å². The van der Waals surface area contributed by atoms with Crippen LogP contribution in [0.25, 0.3) is 0 Å². The Bertz CT molecular complexity index is 1050. The fraction of sp³-hybridized carbons (Fsp3) is 0.273. The molecule has 3 N–H and O–H groups in total. The summed E-state index contributed by atoms with van der Waals surface area (Å²) in [5, 5.41) is 5.14. The van der Waals surface area contributed by atoms with Crippen molar-refractivity contribution in [2.45, 2.75) is 26.4 Å². The van der Waals surface area contributed by atoms with E-state index in [1.807, 2.05) is 35.4 Å². The molecule has 0 saturated heterocycles. The second kappa shape index (κ2) is 11.2. The molecule has 0 aliphatic carbocycles. The lowest BCUT2D eigenvalue weighted by Crippen LogP contribution is -2.46. The van der Waals surface area contributed by atoms with Gasteiger partial charge in [0.25, 0.3) is 11.8 Å². The van der Waals surface area contributed by atoms with Gasteiger partial charge in [0.05, 0.1) is 25.8 Å². The molecule has 0 saturated carbocycles. The molecule has 0 aliphatic heterocycles. The van der Waals surface area contributed by atoms with Gasteiger partial charge in [-0.2, -0.15) is 0 Å². The number of aromatic nitrogens is 1. The topological polar surface area (TPSA) is 117 Å². The summed E-state index contributed by atoms with van der Waals surface area (Å²) in [5.74, 6) is -0.146. The van der Waals surface area contributed by atoms with Gasteiger partial charge in [-0.05, 0) is 36.8 Å². The maximum Gasteiger partial charge on any atom is 0.252 e. The van der Waals surface area contributed by atoms with Gasteiger partial charge in [-0.1, -0.05) is 12.1 Å². The van der Waals surface area contributed by atoms with Crippen LogP contribution in [0.4, 0.5) is 0 Å². The maximum absolute atomic E-state index is 12.5. The number of nitrogens with one attached hydrogen (secondary N) is 3. The van der Waals surface area contributed by atoms with E-state index in [0.29, 0.717) is 29.4 Å². The normalized spacial score (nSPS) is 10.7. The Balaban J connectivity index is 1.56. The number of amides is 3. The molecule has 0 aliphatic rings. The Morgan fingerprint density at radius 1 is 1.06 bits per heavy atom. The number of hydrogen-bond donors (Lipinski definition) is 3. The number of aryl methyl sites for hydroxylation is 1. The van der Waals surface area contributed by atoms with Crippen LogP contribution in [0.1, 0.15) is 32.4 Å². The number of furan rings is 1. The molecule has 32 heavy (non-hydrogen) atoms. The van der Waals surface area contributed by atoms with E-state index < -0.39 is 0 Å². The summed E-state index contributed by atoms with van der Waals surface area (Å²) < 4.78 is 5.41. The Labute approximate surface area is 189 Å². The molecule has 0 unspecified atom stereocenters. The number of carbonyl (C=O) groups excluding carboxylic acids is 3. The summed E-state index contributed by atoms with van der Waals surface area (Å²) >= 11 is 1.40. The minimum absolute atomic E-state index is 0.0362. The predicted octanol–water partition coefficient (Wildman–Crippen LogP) is 1.80. The van der Waals surface area contributed by atoms with Crippen LogP contribution in [0, 0.1) is 6.92 Å². The summed E-state index contributed by atoms with van der Waals surface area (Å²) in [5.41, 5.74) is 7.23. The van der Waals surface area contributed by atoms with E-state index in [1.165, 1.54) is 11.3 Å². The first-order chi connectivity index (χ1) is 15.4. The molecule has 0 spiro atoms. The average molecular weight is 456 g/mol. The van der Waals surface area contributed by atoms with Crippen molar-refractivity contribution in [3.63, 3.8) is 0 Å². The van der Waals surface area contributed by atoms with Crippen molar-refractivity contribution in [1.29, 1.82) is 0 Å². The number of benzene rings is 1. The van der Waals surface area contributed by atoms with Gasteiger partial charge in [0, 0.05) is 30.2 Å². The van der Waals surface area contributed by atoms with Gasteiger partial charge in [-0.25, -0.2) is 4.98 Å². The zero-order valence-corrected chi connectivity index (χ0v) is 18.7. The van der Waals surface area contributed by atoms with E-state index in [-0.39, 0.29) is 30.7 Å². The quantitative estimate of drug-likeness (QED) is 0.424. The number of carbonyl (C=O) groups is 3. The van der Waals surface area contributed by atoms with Crippen LogP contribution >= 0.6 is 11.3 Å². The Morgan fingerprint density at radius 3 is 2.44 bits per heavy atom. The van der Waals surface area contributed by atoms with Gasteiger partial charge in [-0.3, -0.25) is 30.1 Å². The molecule has 0 fully saturated rings. The Kier molecular flexibility index (Phi) is 8.12. The highest BCUT2D eigenvalue weighted by Gasteiger charge is 2.15. The van der Waals surface area contributed by atoms with Gasteiger partial charge in [-0.15, -0.1) is 11.3 Å². The minimum Gasteiger partial charge on any atom is -0.468 e. The summed E-state index contributed by atoms with van der Waals surface area (Å²) in [4.78, 5) is 42.3. The van der Waals surface area contributed by atoms with Crippen LogP contribution in [0.5, 0.6) is 0 Å². The minimum atomic E-state index is -0.359. The number of hydrogen-bond acceptors (Lipinski definition) is 7. The third-order valence-electron chi connectivity index (χ3n) is 4.50. The molecule has 9 nitrogen and oxygen atoms in total. The number of rotatable bonds is 9. The molecule has 10 heteroatoms. The summed E-state index contributed by atoms with van der Waals surface area (Å²) in [6, 6.07) is 10.8. The van der Waals surface area contributed by atoms with E-state index in [0.717, 1.165) is 11.3 Å². The number of thiazole rings is 1. The van der Waals surface area contributed by atoms with E-state index in [2.05, 4.69) is 21.2 Å². The number of nitrogens with zero attached hydrogens (tertiary/aromatic N) is 2.